The van der Waals surface area contributed by atoms with Gasteiger partial charge in [0, 0.05) is 37.5 Å². The zero-order valence-electron chi connectivity index (χ0n) is 13.6. The van der Waals surface area contributed by atoms with Gasteiger partial charge in [0.25, 0.3) is 5.91 Å². The second-order valence-electron chi connectivity index (χ2n) is 6.30. The molecule has 7 heteroatoms. The summed E-state index contributed by atoms with van der Waals surface area (Å²) in [6.07, 6.45) is 7.67. The topological polar surface area (TPSA) is 73.1 Å². The van der Waals surface area contributed by atoms with Gasteiger partial charge in [-0.05, 0) is 18.9 Å². The lowest BCUT2D eigenvalue weighted by atomic mass is 10.1. The van der Waals surface area contributed by atoms with Crippen molar-refractivity contribution in [2.75, 3.05) is 19.7 Å². The zero-order chi connectivity index (χ0) is 16.4. The van der Waals surface area contributed by atoms with E-state index in [2.05, 4.69) is 15.2 Å². The highest BCUT2D eigenvalue weighted by molar-refractivity contribution is 5.90. The first kappa shape index (κ1) is 15.3. The quantitative estimate of drug-likeness (QED) is 0.838. The summed E-state index contributed by atoms with van der Waals surface area (Å²) in [6, 6.07) is 3.87. The lowest BCUT2D eigenvalue weighted by molar-refractivity contribution is -0.0235. The molecular formula is C17H21N5O2. The lowest BCUT2D eigenvalue weighted by Gasteiger charge is -2.32. The Morgan fingerprint density at radius 3 is 3.04 bits per heavy atom. The standard InChI is InChI=1S/C17H21N5O2/c23-17(16-20-19-15-6-2-1-3-8-22(15)16)21-9-10-24-14(12-21)13-5-4-7-18-11-13/h4-5,7,11,14H,1-3,6,8-10,12H2. The van der Waals surface area contributed by atoms with Crippen LogP contribution in [-0.2, 0) is 17.7 Å². The first-order valence-electron chi connectivity index (χ1n) is 8.56. The molecule has 1 fully saturated rings. The number of carbonyl (C=O) groups is 1. The van der Waals surface area contributed by atoms with E-state index in [0.717, 1.165) is 37.2 Å². The Bertz CT molecular complexity index is 715. The molecule has 4 rings (SSSR count). The van der Waals surface area contributed by atoms with E-state index in [-0.39, 0.29) is 12.0 Å². The number of aryl methyl sites for hydroxylation is 1. The number of hydrogen-bond donors (Lipinski definition) is 0. The fraction of sp³-hybridized carbons (Fsp3) is 0.529. The maximum Gasteiger partial charge on any atom is 0.291 e. The Hall–Kier alpha value is -2.28. The third-order valence-electron chi connectivity index (χ3n) is 4.71. The number of fused-ring (bicyclic) bond motifs is 1. The van der Waals surface area contributed by atoms with Crippen molar-refractivity contribution in [2.45, 2.75) is 38.3 Å². The Morgan fingerprint density at radius 1 is 1.21 bits per heavy atom. The summed E-state index contributed by atoms with van der Waals surface area (Å²) in [5, 5.41) is 8.42. The van der Waals surface area contributed by atoms with E-state index in [0.29, 0.717) is 25.5 Å². The monoisotopic (exact) mass is 327 g/mol. The van der Waals surface area contributed by atoms with E-state index in [1.54, 1.807) is 12.4 Å². The van der Waals surface area contributed by atoms with Crippen LogP contribution in [0.15, 0.2) is 24.5 Å². The maximum absolute atomic E-state index is 13.0. The van der Waals surface area contributed by atoms with Crippen molar-refractivity contribution in [3.63, 3.8) is 0 Å². The molecule has 24 heavy (non-hydrogen) atoms. The number of amides is 1. The Morgan fingerprint density at radius 2 is 2.17 bits per heavy atom. The molecule has 0 saturated carbocycles. The number of aromatic nitrogens is 4. The van der Waals surface area contributed by atoms with Crippen molar-refractivity contribution in [1.29, 1.82) is 0 Å². The minimum atomic E-state index is -0.136. The number of hydrogen-bond acceptors (Lipinski definition) is 5. The first-order valence-corrected chi connectivity index (χ1v) is 8.56. The van der Waals surface area contributed by atoms with Crippen molar-refractivity contribution in [2.24, 2.45) is 0 Å². The fourth-order valence-corrected chi connectivity index (χ4v) is 3.39. The minimum Gasteiger partial charge on any atom is -0.370 e. The normalized spacial score (nSPS) is 21.2. The number of morpholine rings is 1. The van der Waals surface area contributed by atoms with Gasteiger partial charge in [0.1, 0.15) is 11.9 Å². The highest BCUT2D eigenvalue weighted by atomic mass is 16.5. The van der Waals surface area contributed by atoms with Crippen LogP contribution in [-0.4, -0.2) is 50.3 Å². The third-order valence-corrected chi connectivity index (χ3v) is 4.71. The molecule has 126 valence electrons. The molecule has 0 aromatic carbocycles. The van der Waals surface area contributed by atoms with Gasteiger partial charge in [0.2, 0.25) is 5.82 Å². The number of rotatable bonds is 2. The minimum absolute atomic E-state index is 0.0483. The van der Waals surface area contributed by atoms with Gasteiger partial charge in [0.15, 0.2) is 0 Å². The number of nitrogens with zero attached hydrogens (tertiary/aromatic N) is 5. The summed E-state index contributed by atoms with van der Waals surface area (Å²) < 4.78 is 7.82. The summed E-state index contributed by atoms with van der Waals surface area (Å²) in [4.78, 5) is 18.9. The van der Waals surface area contributed by atoms with E-state index < -0.39 is 0 Å². The molecule has 0 spiro atoms. The Kier molecular flexibility index (Phi) is 4.25. The molecule has 0 aliphatic carbocycles. The van der Waals surface area contributed by atoms with Crippen LogP contribution in [0.5, 0.6) is 0 Å². The summed E-state index contributed by atoms with van der Waals surface area (Å²) in [5.74, 6) is 1.36. The van der Waals surface area contributed by atoms with Gasteiger partial charge in [-0.25, -0.2) is 0 Å². The van der Waals surface area contributed by atoms with E-state index >= 15 is 0 Å². The molecule has 0 bridgehead atoms. The molecule has 1 saturated heterocycles. The van der Waals surface area contributed by atoms with Crippen LogP contribution >= 0.6 is 0 Å². The Balaban J connectivity index is 1.53. The van der Waals surface area contributed by atoms with E-state index in [9.17, 15) is 4.79 Å². The number of carbonyl (C=O) groups excluding carboxylic acids is 1. The van der Waals surface area contributed by atoms with Crippen molar-refractivity contribution in [1.82, 2.24) is 24.6 Å². The second-order valence-corrected chi connectivity index (χ2v) is 6.30. The van der Waals surface area contributed by atoms with Gasteiger partial charge in [-0.15, -0.1) is 10.2 Å². The van der Waals surface area contributed by atoms with Crippen molar-refractivity contribution < 1.29 is 9.53 Å². The van der Waals surface area contributed by atoms with Crippen LogP contribution < -0.4 is 0 Å². The van der Waals surface area contributed by atoms with Crippen LogP contribution in [0.4, 0.5) is 0 Å². The predicted molar refractivity (Wildman–Crippen MR) is 86.4 cm³/mol. The zero-order valence-corrected chi connectivity index (χ0v) is 13.6. The molecule has 2 aliphatic heterocycles. The summed E-state index contributed by atoms with van der Waals surface area (Å²) >= 11 is 0. The van der Waals surface area contributed by atoms with Gasteiger partial charge in [-0.2, -0.15) is 0 Å². The second kappa shape index (κ2) is 6.68. The Labute approximate surface area is 140 Å². The van der Waals surface area contributed by atoms with Crippen LogP contribution in [0, 0.1) is 0 Å². The smallest absolute Gasteiger partial charge is 0.291 e. The molecule has 2 aliphatic rings. The molecular weight excluding hydrogens is 306 g/mol. The molecule has 0 radical (unpaired) electrons. The van der Waals surface area contributed by atoms with Crippen LogP contribution in [0.1, 0.15) is 47.4 Å². The first-order chi connectivity index (χ1) is 11.8. The average Bonchev–Trinajstić information content (AvgIpc) is 2.90. The molecule has 2 aromatic rings. The summed E-state index contributed by atoms with van der Waals surface area (Å²) in [7, 11) is 0. The van der Waals surface area contributed by atoms with Gasteiger partial charge in [-0.1, -0.05) is 12.5 Å². The maximum atomic E-state index is 13.0. The van der Waals surface area contributed by atoms with E-state index in [1.807, 2.05) is 21.6 Å². The van der Waals surface area contributed by atoms with Gasteiger partial charge in [0.05, 0.1) is 13.2 Å². The van der Waals surface area contributed by atoms with E-state index in [4.69, 9.17) is 4.74 Å². The predicted octanol–water partition coefficient (Wildman–Crippen LogP) is 1.61. The molecule has 1 atom stereocenters. The fourth-order valence-electron chi connectivity index (χ4n) is 3.39. The van der Waals surface area contributed by atoms with E-state index in [1.165, 1.54) is 6.42 Å². The number of ether oxygens (including phenoxy) is 1. The van der Waals surface area contributed by atoms with Gasteiger partial charge >= 0.3 is 0 Å². The molecule has 1 unspecified atom stereocenters. The van der Waals surface area contributed by atoms with Crippen LogP contribution in [0.2, 0.25) is 0 Å². The SMILES string of the molecule is O=C(c1nnc2n1CCCCC2)N1CCOC(c2cccnc2)C1. The highest BCUT2D eigenvalue weighted by Gasteiger charge is 2.30. The van der Waals surface area contributed by atoms with Crippen molar-refractivity contribution >= 4 is 5.91 Å². The third kappa shape index (κ3) is 2.91. The lowest BCUT2D eigenvalue weighted by Crippen LogP contribution is -2.43. The molecule has 2 aromatic heterocycles. The highest BCUT2D eigenvalue weighted by Crippen LogP contribution is 2.23. The molecule has 7 nitrogen and oxygen atoms in total. The molecule has 1 amide bonds. The molecule has 0 N–H and O–H groups in total. The van der Waals surface area contributed by atoms with Gasteiger partial charge < -0.3 is 14.2 Å². The summed E-state index contributed by atoms with van der Waals surface area (Å²) in [6.45, 7) is 2.45. The van der Waals surface area contributed by atoms with Gasteiger partial charge in [-0.3, -0.25) is 9.78 Å². The van der Waals surface area contributed by atoms with Crippen LogP contribution in [0.25, 0.3) is 0 Å². The average molecular weight is 327 g/mol. The van der Waals surface area contributed by atoms with Crippen molar-refractivity contribution in [3.05, 3.63) is 41.7 Å². The molecule has 4 heterocycles. The summed E-state index contributed by atoms with van der Waals surface area (Å²) in [5.41, 5.74) is 0.995. The van der Waals surface area contributed by atoms with Crippen LogP contribution in [0.3, 0.4) is 0 Å². The van der Waals surface area contributed by atoms with Crippen molar-refractivity contribution in [3.8, 4) is 0 Å². The number of pyridine rings is 1. The largest absolute Gasteiger partial charge is 0.370 e.